The van der Waals surface area contributed by atoms with Crippen molar-refractivity contribution in [3.8, 4) is 5.75 Å². The van der Waals surface area contributed by atoms with Crippen LogP contribution < -0.4 is 31.7 Å². The molecule has 3 heterocycles. The summed E-state index contributed by atoms with van der Waals surface area (Å²) in [5.41, 5.74) is 7.70. The van der Waals surface area contributed by atoms with Gasteiger partial charge in [-0.1, -0.05) is 137 Å². The number of nitro groups is 1. The number of fused-ring (bicyclic) bond motifs is 1. The topological polar surface area (TPSA) is 374 Å². The Morgan fingerprint density at radius 3 is 1.94 bits per heavy atom. The molecule has 4 aromatic carbocycles. The number of nitrogens with zero attached hydrogens (tertiary/aromatic N) is 5. The molecule has 0 bridgehead atoms. The second-order valence-corrected chi connectivity index (χ2v) is 30.7. The van der Waals surface area contributed by atoms with Gasteiger partial charge in [-0.2, -0.15) is 0 Å². The lowest BCUT2D eigenvalue weighted by atomic mass is 9.84. The maximum absolute atomic E-state index is 14.3. The summed E-state index contributed by atoms with van der Waals surface area (Å²) in [5.74, 6) is -4.17. The minimum Gasteiger partial charge on any atom is -0.429 e. The number of nitrogens with one attached hydrogen (secondary N) is 4. The first-order valence-corrected chi connectivity index (χ1v) is 39.5. The van der Waals surface area contributed by atoms with Crippen LogP contribution in [0.3, 0.4) is 0 Å². The number of aromatic nitrogens is 1. The average molecular weight is 1620 g/mol. The van der Waals surface area contributed by atoms with E-state index in [1.165, 1.54) is 24.3 Å². The number of non-ortho nitro benzene ring substituents is 1. The second-order valence-electron chi connectivity index (χ2n) is 29.8. The number of methoxy groups -OCH3 is 2. The van der Waals surface area contributed by atoms with E-state index in [9.17, 15) is 62.9 Å². The van der Waals surface area contributed by atoms with Crippen LogP contribution in [0.5, 0.6) is 5.75 Å². The fraction of sp³-hybridized carbons (Fsp3) is 0.548. The Bertz CT molecular complexity index is 3890. The number of benzene rings is 4. The van der Waals surface area contributed by atoms with Gasteiger partial charge in [0.2, 0.25) is 23.6 Å². The summed E-state index contributed by atoms with van der Waals surface area (Å²) in [6, 6.07) is 25.4. The monoisotopic (exact) mass is 1620 g/mol. The van der Waals surface area contributed by atoms with E-state index < -0.39 is 70.8 Å². The molecule has 1 fully saturated rings. The number of carbonyl (C=O) groups is 11. The number of ether oxygens (including phenoxy) is 4. The lowest BCUT2D eigenvalue weighted by Crippen LogP contribution is -2.54. The van der Waals surface area contributed by atoms with Crippen LogP contribution in [0.1, 0.15) is 196 Å². The Kier molecular flexibility index (Phi) is 41.5. The Hall–Kier alpha value is -9.39. The average Bonchev–Trinajstić information content (AvgIpc) is 1.63. The molecule has 626 valence electrons. The van der Waals surface area contributed by atoms with E-state index in [2.05, 4.69) is 52.2 Å². The first kappa shape index (κ1) is 97.0. The van der Waals surface area contributed by atoms with Gasteiger partial charge >= 0.3 is 12.2 Å². The molecule has 0 unspecified atom stereocenters. The highest BCUT2D eigenvalue weighted by Gasteiger charge is 2.44. The number of rotatable bonds is 45. The maximum atomic E-state index is 14.3. The first-order valence-electron chi connectivity index (χ1n) is 38.7. The molecule has 28 nitrogen and oxygen atoms in total. The lowest BCUT2D eigenvalue weighted by molar-refractivity contribution is -0.384. The van der Waals surface area contributed by atoms with E-state index in [1.807, 2.05) is 63.1 Å². The first-order chi connectivity index (χ1) is 53.4. The number of hydrogen-bond acceptors (Lipinski definition) is 21. The molecule has 2 aliphatic heterocycles. The highest BCUT2D eigenvalue weighted by atomic mass is 35.5. The van der Waals surface area contributed by atoms with Gasteiger partial charge in [0.15, 0.2) is 11.6 Å². The molecule has 1 saturated heterocycles. The molecular formula is C84H119ClN10O18S. The lowest BCUT2D eigenvalue weighted by Gasteiger charge is -2.41. The Labute approximate surface area is 680 Å². The number of unbranched alkanes of at least 4 members (excludes halogenated alkanes) is 2. The number of hydrogen-bond donors (Lipinski definition) is 5. The fourth-order valence-electron chi connectivity index (χ4n) is 14.4. The third-order valence-electron chi connectivity index (χ3n) is 20.8. The number of carbonyl (C=O) groups excluding carboxylic acids is 11. The highest BCUT2D eigenvalue weighted by Crippen LogP contribution is 2.35. The van der Waals surface area contributed by atoms with E-state index in [1.54, 1.807) is 113 Å². The Balaban J connectivity index is 0.000000473. The van der Waals surface area contributed by atoms with Gasteiger partial charge in [-0.25, -0.2) is 14.6 Å². The highest BCUT2D eigenvalue weighted by molar-refractivity contribution is 7.09. The molecule has 0 aliphatic carbocycles. The molecule has 5 aromatic rings. The molecule has 6 N–H and O–H groups in total. The van der Waals surface area contributed by atoms with E-state index in [4.69, 9.17) is 29.5 Å². The summed E-state index contributed by atoms with van der Waals surface area (Å²) >= 11 is 1.57. The molecule has 1 aromatic heterocycles. The zero-order valence-corrected chi connectivity index (χ0v) is 68.9. The summed E-state index contributed by atoms with van der Waals surface area (Å²) in [4.78, 5) is 168. The van der Waals surface area contributed by atoms with Crippen molar-refractivity contribution in [3.63, 3.8) is 0 Å². The molecule has 0 saturated carbocycles. The van der Waals surface area contributed by atoms with Gasteiger partial charge in [0.1, 0.15) is 18.1 Å². The fourth-order valence-corrected chi connectivity index (χ4v) is 15.1. The number of amides is 8. The standard InChI is InChI=1S/C43H68N4O6S.C40H46N6O12.CH4.ClH/c1-12-29(6)40(46(9)43(51)33(27(2)3)25-36(49)39(44-8)28(4)5)37(52-10)26-38(50)47-21-16-19-34(47)41(53-11)30(7)35(48)24-32(42-45-20-22-54-42)23-31-17-14-13-15-18-31;1-25(2)35(44-34(48)12-4-3-7-22-57-45-37(50)31-10-5-6-11-32(31)38(45)51)33(47)23-27(9-8-21-42-39(41)52)36(49)43-28-15-13-26(14-16-28)24-56-40(53)58-30-19-17-29(18-20-30)46(54)55;;/h13-15,17-18,20,22,27-30,32-34,37,39-41,44H,12,16,19,21,23-26H2,1-11H3;5-6,10-11,13-20,25,27,35H,3-4,7-9,12,21-24H2,1-2H3,(H,43,49)(H,44,48)(H3,41,42,52);1H4;1H/t29-,30-,32+,33-,34-,37+,39-,40-,41+;27-,35+;;/m01../s1. The molecular weight excluding hydrogens is 1500 g/mol. The zero-order valence-electron chi connectivity index (χ0n) is 67.3. The molecule has 114 heavy (non-hydrogen) atoms. The van der Waals surface area contributed by atoms with Crippen molar-refractivity contribution in [3.05, 3.63) is 152 Å². The normalized spacial score (nSPS) is 15.7. The number of anilines is 1. The van der Waals surface area contributed by atoms with Crippen molar-refractivity contribution in [1.29, 1.82) is 0 Å². The van der Waals surface area contributed by atoms with E-state index in [-0.39, 0.29) is 177 Å². The molecule has 0 spiro atoms. The van der Waals surface area contributed by atoms with E-state index >= 15 is 0 Å². The van der Waals surface area contributed by atoms with Gasteiger partial charge < -0.3 is 55.7 Å². The van der Waals surface area contributed by atoms with Gasteiger partial charge in [-0.05, 0) is 123 Å². The number of likely N-dealkylation sites (tertiary alicyclic amines) is 1. The van der Waals surface area contributed by atoms with Gasteiger partial charge in [0.05, 0.1) is 70.5 Å². The molecule has 8 amide bonds. The van der Waals surface area contributed by atoms with Crippen LogP contribution in [-0.4, -0.2) is 174 Å². The Morgan fingerprint density at radius 1 is 0.746 bits per heavy atom. The molecule has 7 rings (SSSR count). The zero-order chi connectivity index (χ0) is 82.3. The molecule has 30 heteroatoms. The number of Topliss-reactive ketones (excluding diaryl/α,β-unsaturated/α-hetero) is 3. The van der Waals surface area contributed by atoms with Crippen molar-refractivity contribution in [1.82, 2.24) is 35.8 Å². The van der Waals surface area contributed by atoms with Crippen molar-refractivity contribution in [2.45, 2.75) is 209 Å². The number of ketones is 3. The van der Waals surface area contributed by atoms with Gasteiger partial charge in [0, 0.05) is 113 Å². The number of hydroxylamine groups is 2. The van der Waals surface area contributed by atoms with Crippen LogP contribution in [0.15, 0.2) is 115 Å². The molecule has 11 atom stereocenters. The van der Waals surface area contributed by atoms with Gasteiger partial charge in [0.25, 0.3) is 17.5 Å². The van der Waals surface area contributed by atoms with Crippen molar-refractivity contribution < 1.29 is 81.4 Å². The Morgan fingerprint density at radius 2 is 1.38 bits per heavy atom. The minimum atomic E-state index is -1.02. The minimum absolute atomic E-state index is 0. The van der Waals surface area contributed by atoms with Crippen LogP contribution in [0, 0.1) is 51.5 Å². The third kappa shape index (κ3) is 28.9. The smallest absolute Gasteiger partial charge is 0.429 e. The number of imide groups is 1. The van der Waals surface area contributed by atoms with Crippen LogP contribution in [-0.2, 0) is 65.6 Å². The largest absolute Gasteiger partial charge is 0.514 e. The number of thiazole rings is 1. The van der Waals surface area contributed by atoms with Crippen LogP contribution in [0.2, 0.25) is 0 Å². The molecule has 2 aliphatic rings. The predicted molar refractivity (Wildman–Crippen MR) is 437 cm³/mol. The number of nitrogens with two attached hydrogens (primary N) is 1. The number of likely N-dealkylation sites (N-methyl/N-ethyl adjacent to an activating group) is 2. The number of halogens is 1. The van der Waals surface area contributed by atoms with Crippen LogP contribution in [0.25, 0.3) is 0 Å². The van der Waals surface area contributed by atoms with Crippen molar-refractivity contribution in [2.75, 3.05) is 53.3 Å². The second kappa shape index (κ2) is 48.7. The SMILES string of the molecule is C.CC(C)[C@H](NC(=O)CCCCCON1C(=O)c2ccccc2C1=O)C(=O)C[C@@H](CCCNC(N)=O)C(=O)Nc1ccc(COC(=O)Oc2ccc([N+](=O)[O-])cc2)cc1.CC[C@H](C)[C@@H]([C@@H](CC(=O)N1CCC[C@H]1[C@H](OC)[C@@H](C)C(=O)C[C@@H](Cc1ccccc1)c1nccs1)OC)N(C)C(=O)[C@@H](CC(=O)[C@@H](NC)C(C)C)C(C)C.Cl. The van der Waals surface area contributed by atoms with Crippen molar-refractivity contribution >= 4 is 100 Å². The summed E-state index contributed by atoms with van der Waals surface area (Å²) < 4.78 is 22.3. The number of primary amides is 1. The summed E-state index contributed by atoms with van der Waals surface area (Å²) in [5, 5.41) is 25.6. The van der Waals surface area contributed by atoms with Gasteiger partial charge in [-0.3, -0.25) is 58.1 Å². The number of urea groups is 1. The quantitative estimate of drug-likeness (QED) is 0.00603. The summed E-state index contributed by atoms with van der Waals surface area (Å²) in [6.07, 6.45) is 5.34. The summed E-state index contributed by atoms with van der Waals surface area (Å²) in [7, 11) is 6.80. The van der Waals surface area contributed by atoms with Crippen LogP contribution in [0.4, 0.5) is 21.0 Å². The summed E-state index contributed by atoms with van der Waals surface area (Å²) in [6.45, 7) is 18.3. The van der Waals surface area contributed by atoms with Crippen LogP contribution >= 0.6 is 23.7 Å². The molecule has 0 radical (unpaired) electrons. The van der Waals surface area contributed by atoms with Crippen molar-refractivity contribution in [2.24, 2.45) is 47.2 Å². The maximum Gasteiger partial charge on any atom is 0.514 e. The van der Waals surface area contributed by atoms with E-state index in [0.29, 0.717) is 56.3 Å². The van der Waals surface area contributed by atoms with E-state index in [0.717, 1.165) is 34.9 Å². The third-order valence-corrected chi connectivity index (χ3v) is 21.8. The van der Waals surface area contributed by atoms with Gasteiger partial charge in [-0.15, -0.1) is 28.8 Å². The predicted octanol–water partition coefficient (Wildman–Crippen LogP) is 13.1. The number of nitro benzene ring substituents is 1.